The lowest BCUT2D eigenvalue weighted by molar-refractivity contribution is -0.197. The molecule has 1 saturated heterocycles. The Kier molecular flexibility index (Phi) is 6.83. The Balaban J connectivity index is 1.59. The molecular formula is C23H29NO4. The number of ether oxygens (including phenoxy) is 1. The first-order chi connectivity index (χ1) is 13.5. The summed E-state index contributed by atoms with van der Waals surface area (Å²) in [7, 11) is 1.37. The summed E-state index contributed by atoms with van der Waals surface area (Å²) >= 11 is 0. The van der Waals surface area contributed by atoms with Crippen molar-refractivity contribution in [2.75, 3.05) is 7.11 Å². The molecule has 0 aliphatic carbocycles. The molecular weight excluding hydrogens is 354 g/mol. The second-order valence-corrected chi connectivity index (χ2v) is 7.54. The fourth-order valence-corrected chi connectivity index (χ4v) is 3.45. The second-order valence-electron chi connectivity index (χ2n) is 7.54. The van der Waals surface area contributed by atoms with E-state index >= 15 is 0 Å². The fourth-order valence-electron chi connectivity index (χ4n) is 3.45. The minimum Gasteiger partial charge on any atom is -0.468 e. The first-order valence-corrected chi connectivity index (χ1v) is 9.79. The van der Waals surface area contributed by atoms with Crippen LogP contribution >= 0.6 is 0 Å². The number of methoxy groups -OCH3 is 1. The SMILES string of the molecule is COC(=O)C1C[C@H]([C@H](C)O)ON1Cc1ccc(CCc2ccc(C)cc2)cc1. The van der Waals surface area contributed by atoms with Crippen LogP contribution in [-0.2, 0) is 33.8 Å². The lowest BCUT2D eigenvalue weighted by Crippen LogP contribution is -2.35. The van der Waals surface area contributed by atoms with E-state index < -0.39 is 18.2 Å². The summed E-state index contributed by atoms with van der Waals surface area (Å²) in [6, 6.07) is 16.5. The zero-order valence-electron chi connectivity index (χ0n) is 16.8. The molecule has 3 atom stereocenters. The number of hydrogen-bond donors (Lipinski definition) is 1. The van der Waals surface area contributed by atoms with E-state index in [1.165, 1.54) is 23.8 Å². The molecule has 5 nitrogen and oxygen atoms in total. The molecule has 0 saturated carbocycles. The first kappa shape index (κ1) is 20.5. The third-order valence-corrected chi connectivity index (χ3v) is 5.27. The summed E-state index contributed by atoms with van der Waals surface area (Å²) in [5, 5.41) is 11.4. The van der Waals surface area contributed by atoms with Crippen molar-refractivity contribution < 1.29 is 19.5 Å². The Morgan fingerprint density at radius 3 is 2.18 bits per heavy atom. The monoisotopic (exact) mass is 383 g/mol. The zero-order chi connectivity index (χ0) is 20.1. The Bertz CT molecular complexity index is 770. The molecule has 0 radical (unpaired) electrons. The summed E-state index contributed by atoms with van der Waals surface area (Å²) < 4.78 is 4.89. The number of aryl methyl sites for hydroxylation is 3. The van der Waals surface area contributed by atoms with Crippen molar-refractivity contribution in [2.24, 2.45) is 0 Å². The van der Waals surface area contributed by atoms with Gasteiger partial charge in [0.25, 0.3) is 0 Å². The van der Waals surface area contributed by atoms with Gasteiger partial charge in [0.05, 0.1) is 19.8 Å². The number of esters is 1. The first-order valence-electron chi connectivity index (χ1n) is 9.79. The molecule has 1 unspecified atom stereocenters. The largest absolute Gasteiger partial charge is 0.468 e. The van der Waals surface area contributed by atoms with Crippen molar-refractivity contribution in [1.82, 2.24) is 5.06 Å². The standard InChI is InChI=1S/C23H29NO4/c1-16-4-6-18(7-5-16)8-9-19-10-12-20(13-11-19)15-24-21(23(26)27-3)14-22(28-24)17(2)25/h4-7,10-13,17,21-22,25H,8-9,14-15H2,1-3H3/t17-,21?,22+/m0/s1. The molecule has 150 valence electrons. The summed E-state index contributed by atoms with van der Waals surface area (Å²) in [5.41, 5.74) is 4.95. The van der Waals surface area contributed by atoms with Gasteiger partial charge in [-0.1, -0.05) is 54.1 Å². The van der Waals surface area contributed by atoms with Gasteiger partial charge in [-0.25, -0.2) is 0 Å². The second kappa shape index (κ2) is 9.32. The highest BCUT2D eigenvalue weighted by Crippen LogP contribution is 2.26. The minimum absolute atomic E-state index is 0.335. The number of nitrogens with zero attached hydrogens (tertiary/aromatic N) is 1. The smallest absolute Gasteiger partial charge is 0.325 e. The Labute approximate surface area is 166 Å². The van der Waals surface area contributed by atoms with Crippen molar-refractivity contribution in [3.63, 3.8) is 0 Å². The van der Waals surface area contributed by atoms with Gasteiger partial charge in [-0.3, -0.25) is 9.63 Å². The van der Waals surface area contributed by atoms with E-state index in [2.05, 4.69) is 55.5 Å². The van der Waals surface area contributed by atoms with E-state index in [1.807, 2.05) is 0 Å². The Hall–Kier alpha value is -2.21. The summed E-state index contributed by atoms with van der Waals surface area (Å²) in [4.78, 5) is 17.8. The van der Waals surface area contributed by atoms with Crippen LogP contribution in [0, 0.1) is 6.92 Å². The van der Waals surface area contributed by atoms with E-state index in [0.29, 0.717) is 13.0 Å². The maximum atomic E-state index is 12.1. The van der Waals surface area contributed by atoms with E-state index in [-0.39, 0.29) is 5.97 Å². The Morgan fingerprint density at radius 1 is 1.11 bits per heavy atom. The number of benzene rings is 2. The molecule has 2 aromatic rings. The van der Waals surface area contributed by atoms with Crippen LogP contribution in [0.15, 0.2) is 48.5 Å². The van der Waals surface area contributed by atoms with Crippen LogP contribution < -0.4 is 0 Å². The van der Waals surface area contributed by atoms with Crippen LogP contribution in [0.3, 0.4) is 0 Å². The fraction of sp³-hybridized carbons (Fsp3) is 0.435. The quantitative estimate of drug-likeness (QED) is 0.744. The molecule has 0 spiro atoms. The lowest BCUT2D eigenvalue weighted by Gasteiger charge is -2.21. The molecule has 3 rings (SSSR count). The van der Waals surface area contributed by atoms with Crippen LogP contribution in [0.25, 0.3) is 0 Å². The molecule has 0 aromatic heterocycles. The van der Waals surface area contributed by atoms with Gasteiger partial charge >= 0.3 is 5.97 Å². The molecule has 5 heteroatoms. The summed E-state index contributed by atoms with van der Waals surface area (Å²) in [6.07, 6.45) is 1.39. The van der Waals surface area contributed by atoms with Crippen molar-refractivity contribution >= 4 is 5.97 Å². The van der Waals surface area contributed by atoms with Crippen molar-refractivity contribution in [3.05, 3.63) is 70.8 Å². The number of carbonyl (C=O) groups is 1. The molecule has 1 aliphatic heterocycles. The number of hydrogen-bond acceptors (Lipinski definition) is 5. The van der Waals surface area contributed by atoms with Gasteiger partial charge in [-0.15, -0.1) is 0 Å². The van der Waals surface area contributed by atoms with Crippen LogP contribution in [0.2, 0.25) is 0 Å². The van der Waals surface area contributed by atoms with Crippen molar-refractivity contribution in [1.29, 1.82) is 0 Å². The van der Waals surface area contributed by atoms with Gasteiger partial charge in [0.1, 0.15) is 12.1 Å². The van der Waals surface area contributed by atoms with Gasteiger partial charge in [0, 0.05) is 6.42 Å². The molecule has 0 amide bonds. The van der Waals surface area contributed by atoms with Crippen molar-refractivity contribution in [3.8, 4) is 0 Å². The highest BCUT2D eigenvalue weighted by molar-refractivity contribution is 5.75. The normalized spacial score (nSPS) is 20.9. The van der Waals surface area contributed by atoms with Crippen LogP contribution in [-0.4, -0.2) is 41.5 Å². The van der Waals surface area contributed by atoms with E-state index in [0.717, 1.165) is 18.4 Å². The predicted octanol–water partition coefficient (Wildman–Crippen LogP) is 3.21. The van der Waals surface area contributed by atoms with Gasteiger partial charge in [0.15, 0.2) is 0 Å². The molecule has 0 bridgehead atoms. The molecule has 1 aliphatic rings. The minimum atomic E-state index is -0.638. The average Bonchev–Trinajstić information content (AvgIpc) is 3.12. The Morgan fingerprint density at radius 2 is 1.64 bits per heavy atom. The molecule has 28 heavy (non-hydrogen) atoms. The number of aliphatic hydroxyl groups excluding tert-OH is 1. The third-order valence-electron chi connectivity index (χ3n) is 5.27. The third kappa shape index (κ3) is 5.19. The summed E-state index contributed by atoms with van der Waals surface area (Å²) in [6.45, 7) is 4.24. The molecule has 1 heterocycles. The highest BCUT2D eigenvalue weighted by atomic mass is 16.7. The number of hydroxylamine groups is 2. The zero-order valence-corrected chi connectivity index (χ0v) is 16.8. The van der Waals surface area contributed by atoms with E-state index in [4.69, 9.17) is 9.57 Å². The predicted molar refractivity (Wildman–Crippen MR) is 108 cm³/mol. The number of aliphatic hydroxyl groups is 1. The van der Waals surface area contributed by atoms with Crippen LogP contribution in [0.5, 0.6) is 0 Å². The average molecular weight is 383 g/mol. The molecule has 1 fully saturated rings. The van der Waals surface area contributed by atoms with Gasteiger partial charge in [0.2, 0.25) is 0 Å². The topological polar surface area (TPSA) is 59.0 Å². The van der Waals surface area contributed by atoms with E-state index in [1.54, 1.807) is 12.0 Å². The highest BCUT2D eigenvalue weighted by Gasteiger charge is 2.40. The maximum absolute atomic E-state index is 12.1. The maximum Gasteiger partial charge on any atom is 0.325 e. The number of rotatable bonds is 7. The van der Waals surface area contributed by atoms with Crippen LogP contribution in [0.1, 0.15) is 35.6 Å². The van der Waals surface area contributed by atoms with Crippen molar-refractivity contribution in [2.45, 2.75) is 57.9 Å². The van der Waals surface area contributed by atoms with Crippen LogP contribution in [0.4, 0.5) is 0 Å². The lowest BCUT2D eigenvalue weighted by atomic mass is 10.0. The number of carbonyl (C=O) groups excluding carboxylic acids is 1. The van der Waals surface area contributed by atoms with Gasteiger partial charge in [-0.2, -0.15) is 5.06 Å². The molecule has 2 aromatic carbocycles. The summed E-state index contributed by atoms with van der Waals surface area (Å²) in [5.74, 6) is -0.335. The van der Waals surface area contributed by atoms with E-state index in [9.17, 15) is 9.90 Å². The van der Waals surface area contributed by atoms with Gasteiger partial charge < -0.3 is 9.84 Å². The molecule has 1 N–H and O–H groups in total. The van der Waals surface area contributed by atoms with Gasteiger partial charge in [-0.05, 0) is 43.4 Å².